The number of nitrogens with zero attached hydrogens (tertiary/aromatic N) is 1. The van der Waals surface area contributed by atoms with Gasteiger partial charge < -0.3 is 9.15 Å². The molecule has 0 unspecified atom stereocenters. The van der Waals surface area contributed by atoms with Gasteiger partial charge in [-0.15, -0.1) is 0 Å². The van der Waals surface area contributed by atoms with Gasteiger partial charge in [-0.2, -0.15) is 0 Å². The lowest BCUT2D eigenvalue weighted by Crippen LogP contribution is -1.89. The molecule has 2 aromatic heterocycles. The molecule has 7 aromatic rings. The third kappa shape index (κ3) is 3.78. The second kappa shape index (κ2) is 9.25. The van der Waals surface area contributed by atoms with E-state index in [0.29, 0.717) is 0 Å². The van der Waals surface area contributed by atoms with E-state index in [1.165, 1.54) is 5.56 Å². The number of hydrogen-bond donors (Lipinski definition) is 0. The molecular weight excluding hydrogens is 490 g/mol. The second-order valence-electron chi connectivity index (χ2n) is 10.3. The summed E-state index contributed by atoms with van der Waals surface area (Å²) in [5.41, 5.74) is 11.8. The Hall–Kier alpha value is -5.15. The number of aromatic nitrogens is 1. The minimum absolute atomic E-state index is 0.756. The molecule has 0 aliphatic carbocycles. The summed E-state index contributed by atoms with van der Waals surface area (Å²) >= 11 is 0. The smallest absolute Gasteiger partial charge is 0.143 e. The number of rotatable bonds is 4. The molecule has 1 aliphatic heterocycles. The van der Waals surface area contributed by atoms with Gasteiger partial charge in [0.25, 0.3) is 0 Å². The van der Waals surface area contributed by atoms with Crippen LogP contribution in [0.4, 0.5) is 0 Å². The fourth-order valence-corrected chi connectivity index (χ4v) is 5.86. The standard InChI is InChI=1S/C37H25NO2/c1-2-16-35-32(12-1)33-15-6-14-31(37(33)40-35)27-10-4-11-28(22-27)34-18-17-29(23-38-34)25-8-3-9-26(21-25)30-13-5-7-24-19-20-39-36(24)30/h1-18,21-23H,19-20H2. The SMILES string of the molecule is c1cc(-c2ccc(-c3cccc(-c4cccc5c4oc4ccccc45)c3)nc2)cc(-c2cccc3c2OCC3)c1. The van der Waals surface area contributed by atoms with Crippen molar-refractivity contribution in [1.29, 1.82) is 0 Å². The van der Waals surface area contributed by atoms with Crippen LogP contribution in [0.2, 0.25) is 0 Å². The van der Waals surface area contributed by atoms with Crippen molar-refractivity contribution in [3.63, 3.8) is 0 Å². The van der Waals surface area contributed by atoms with Crippen LogP contribution in [-0.4, -0.2) is 11.6 Å². The van der Waals surface area contributed by atoms with E-state index in [4.69, 9.17) is 14.1 Å². The topological polar surface area (TPSA) is 35.3 Å². The van der Waals surface area contributed by atoms with Gasteiger partial charge in [0.1, 0.15) is 16.9 Å². The van der Waals surface area contributed by atoms with Crippen molar-refractivity contribution in [1.82, 2.24) is 4.98 Å². The molecule has 0 fully saturated rings. The maximum Gasteiger partial charge on any atom is 0.143 e. The largest absolute Gasteiger partial charge is 0.492 e. The van der Waals surface area contributed by atoms with Crippen LogP contribution in [0.15, 0.2) is 132 Å². The molecule has 40 heavy (non-hydrogen) atoms. The molecular formula is C37H25NO2. The summed E-state index contributed by atoms with van der Waals surface area (Å²) < 4.78 is 12.2. The summed E-state index contributed by atoms with van der Waals surface area (Å²) in [6.45, 7) is 0.756. The Kier molecular flexibility index (Phi) is 5.27. The fraction of sp³-hybridized carbons (Fsp3) is 0.0541. The van der Waals surface area contributed by atoms with E-state index in [0.717, 1.165) is 85.4 Å². The van der Waals surface area contributed by atoms with E-state index in [9.17, 15) is 0 Å². The van der Waals surface area contributed by atoms with Gasteiger partial charge in [0.15, 0.2) is 0 Å². The van der Waals surface area contributed by atoms with Gasteiger partial charge in [-0.3, -0.25) is 4.98 Å². The average Bonchev–Trinajstić information content (AvgIpc) is 3.66. The number of pyridine rings is 1. The molecule has 0 saturated carbocycles. The molecule has 0 bridgehead atoms. The number of ether oxygens (including phenoxy) is 1. The second-order valence-corrected chi connectivity index (χ2v) is 10.3. The highest BCUT2D eigenvalue weighted by molar-refractivity contribution is 6.09. The molecule has 5 aromatic carbocycles. The van der Waals surface area contributed by atoms with Crippen LogP contribution >= 0.6 is 0 Å². The Morgan fingerprint density at radius 1 is 0.550 bits per heavy atom. The van der Waals surface area contributed by atoms with Gasteiger partial charge in [0.05, 0.1) is 12.3 Å². The Morgan fingerprint density at radius 2 is 1.27 bits per heavy atom. The van der Waals surface area contributed by atoms with Crippen molar-refractivity contribution in [2.45, 2.75) is 6.42 Å². The van der Waals surface area contributed by atoms with Crippen LogP contribution in [0.5, 0.6) is 5.75 Å². The Bertz CT molecular complexity index is 2030. The number of benzene rings is 5. The van der Waals surface area contributed by atoms with E-state index in [1.54, 1.807) is 0 Å². The van der Waals surface area contributed by atoms with Crippen molar-refractivity contribution >= 4 is 21.9 Å². The van der Waals surface area contributed by atoms with Crippen LogP contribution < -0.4 is 4.74 Å². The minimum atomic E-state index is 0.756. The molecule has 1 aliphatic rings. The highest BCUT2D eigenvalue weighted by Gasteiger charge is 2.17. The predicted molar refractivity (Wildman–Crippen MR) is 162 cm³/mol. The van der Waals surface area contributed by atoms with Crippen LogP contribution in [0.25, 0.3) is 66.6 Å². The van der Waals surface area contributed by atoms with E-state index in [-0.39, 0.29) is 0 Å². The van der Waals surface area contributed by atoms with Gasteiger partial charge in [-0.1, -0.05) is 97.1 Å². The van der Waals surface area contributed by atoms with Gasteiger partial charge >= 0.3 is 0 Å². The molecule has 3 heterocycles. The molecule has 0 saturated heterocycles. The third-order valence-electron chi connectivity index (χ3n) is 7.86. The first-order chi connectivity index (χ1) is 19.8. The number of furan rings is 1. The van der Waals surface area contributed by atoms with Crippen molar-refractivity contribution in [2.24, 2.45) is 0 Å². The average molecular weight is 516 g/mol. The molecule has 3 heteroatoms. The Balaban J connectivity index is 1.13. The molecule has 0 amide bonds. The van der Waals surface area contributed by atoms with E-state index in [2.05, 4.69) is 109 Å². The summed E-state index contributed by atoms with van der Waals surface area (Å²) in [7, 11) is 0. The van der Waals surface area contributed by atoms with E-state index < -0.39 is 0 Å². The molecule has 3 nitrogen and oxygen atoms in total. The van der Waals surface area contributed by atoms with Crippen molar-refractivity contribution in [3.05, 3.63) is 133 Å². The van der Waals surface area contributed by atoms with E-state index >= 15 is 0 Å². The normalized spacial score (nSPS) is 12.5. The monoisotopic (exact) mass is 515 g/mol. The first kappa shape index (κ1) is 22.8. The summed E-state index contributed by atoms with van der Waals surface area (Å²) in [6.07, 6.45) is 2.94. The van der Waals surface area contributed by atoms with Crippen LogP contribution in [0.3, 0.4) is 0 Å². The zero-order chi connectivity index (χ0) is 26.5. The van der Waals surface area contributed by atoms with Crippen molar-refractivity contribution in [3.8, 4) is 50.4 Å². The van der Waals surface area contributed by atoms with Gasteiger partial charge in [-0.25, -0.2) is 0 Å². The molecule has 0 spiro atoms. The number of fused-ring (bicyclic) bond motifs is 4. The maximum absolute atomic E-state index is 6.29. The highest BCUT2D eigenvalue weighted by atomic mass is 16.5. The van der Waals surface area contributed by atoms with Crippen molar-refractivity contribution in [2.75, 3.05) is 6.61 Å². The first-order valence-electron chi connectivity index (χ1n) is 13.6. The number of para-hydroxylation sites is 3. The first-order valence-corrected chi connectivity index (χ1v) is 13.6. The fourth-order valence-electron chi connectivity index (χ4n) is 5.86. The van der Waals surface area contributed by atoms with Crippen LogP contribution in [0, 0.1) is 0 Å². The third-order valence-corrected chi connectivity index (χ3v) is 7.86. The van der Waals surface area contributed by atoms with Crippen LogP contribution in [-0.2, 0) is 6.42 Å². The zero-order valence-corrected chi connectivity index (χ0v) is 21.8. The van der Waals surface area contributed by atoms with Crippen molar-refractivity contribution < 1.29 is 9.15 Å². The minimum Gasteiger partial charge on any atom is -0.492 e. The zero-order valence-electron chi connectivity index (χ0n) is 21.8. The molecule has 0 atom stereocenters. The predicted octanol–water partition coefficient (Wildman–Crippen LogP) is 9.58. The highest BCUT2D eigenvalue weighted by Crippen LogP contribution is 2.39. The van der Waals surface area contributed by atoms with Crippen LogP contribution in [0.1, 0.15) is 5.56 Å². The maximum atomic E-state index is 6.29. The lowest BCUT2D eigenvalue weighted by molar-refractivity contribution is 0.358. The van der Waals surface area contributed by atoms with Gasteiger partial charge in [0.2, 0.25) is 0 Å². The summed E-state index contributed by atoms with van der Waals surface area (Å²) in [6, 6.07) is 42.4. The summed E-state index contributed by atoms with van der Waals surface area (Å²) in [5, 5.41) is 2.27. The Morgan fingerprint density at radius 3 is 2.17 bits per heavy atom. The molecule has 0 N–H and O–H groups in total. The van der Waals surface area contributed by atoms with Gasteiger partial charge in [0, 0.05) is 45.6 Å². The lowest BCUT2D eigenvalue weighted by Gasteiger charge is -2.11. The summed E-state index contributed by atoms with van der Waals surface area (Å²) in [5.74, 6) is 1.02. The van der Waals surface area contributed by atoms with E-state index in [1.807, 2.05) is 18.3 Å². The molecule has 190 valence electrons. The molecule has 8 rings (SSSR count). The van der Waals surface area contributed by atoms with Gasteiger partial charge in [-0.05, 0) is 46.5 Å². The number of hydrogen-bond acceptors (Lipinski definition) is 3. The summed E-state index contributed by atoms with van der Waals surface area (Å²) in [4.78, 5) is 4.87. The molecule has 0 radical (unpaired) electrons. The quantitative estimate of drug-likeness (QED) is 0.234. The lowest BCUT2D eigenvalue weighted by atomic mass is 9.97. The Labute approximate surface area is 232 Å².